The Morgan fingerprint density at radius 2 is 0.846 bits per heavy atom. The molecule has 0 N–H and O–H groups in total. The fourth-order valence-electron chi connectivity index (χ4n) is 1.47. The van der Waals surface area contributed by atoms with Crippen LogP contribution in [0.25, 0.3) is 0 Å². The molecule has 0 fully saturated rings. The second kappa shape index (κ2) is 8.05. The third-order valence-corrected chi connectivity index (χ3v) is 4.76. The van der Waals surface area contributed by atoms with Gasteiger partial charge in [-0.1, -0.05) is 69.2 Å². The van der Waals surface area contributed by atoms with E-state index in [1.54, 1.807) is 41.5 Å². The summed E-state index contributed by atoms with van der Waals surface area (Å²) in [5.41, 5.74) is -3.37. The third-order valence-electron chi connectivity index (χ3n) is 4.76. The summed E-state index contributed by atoms with van der Waals surface area (Å²) < 4.78 is 11.4. The van der Waals surface area contributed by atoms with E-state index in [1.165, 1.54) is 0 Å². The molecule has 152 valence electrons. The Balaban J connectivity index is 5.97. The standard InChI is InChI=1S/C20H38N2O4/c1-13(2)15(23)25-19(11,17(5,6)7)21-22-20(12,18(8,9)10)26-16(24)14(3)4/h13-14H,1-12H3. The van der Waals surface area contributed by atoms with Crippen molar-refractivity contribution in [3.05, 3.63) is 0 Å². The van der Waals surface area contributed by atoms with E-state index in [-0.39, 0.29) is 23.8 Å². The van der Waals surface area contributed by atoms with Crippen molar-refractivity contribution in [2.75, 3.05) is 0 Å². The van der Waals surface area contributed by atoms with Gasteiger partial charge in [0.15, 0.2) is 0 Å². The molecule has 0 aliphatic heterocycles. The zero-order chi connectivity index (χ0) is 21.1. The Morgan fingerprint density at radius 3 is 1.00 bits per heavy atom. The Hall–Kier alpha value is -1.46. The van der Waals surface area contributed by atoms with Crippen LogP contribution in [0.4, 0.5) is 0 Å². The number of azo groups is 1. The van der Waals surface area contributed by atoms with Gasteiger partial charge in [0.2, 0.25) is 11.4 Å². The summed E-state index contributed by atoms with van der Waals surface area (Å²) in [4.78, 5) is 24.4. The average Bonchev–Trinajstić information content (AvgIpc) is 2.42. The molecule has 26 heavy (non-hydrogen) atoms. The van der Waals surface area contributed by atoms with Gasteiger partial charge in [0, 0.05) is 10.8 Å². The van der Waals surface area contributed by atoms with Crippen LogP contribution in [0, 0.1) is 22.7 Å². The van der Waals surface area contributed by atoms with Gasteiger partial charge in [-0.2, -0.15) is 0 Å². The maximum atomic E-state index is 12.2. The van der Waals surface area contributed by atoms with Crippen LogP contribution in [0.15, 0.2) is 10.2 Å². The van der Waals surface area contributed by atoms with Crippen molar-refractivity contribution < 1.29 is 19.1 Å². The second-order valence-electron chi connectivity index (χ2n) is 9.82. The van der Waals surface area contributed by atoms with Crippen LogP contribution in [-0.4, -0.2) is 23.4 Å². The molecule has 0 amide bonds. The summed E-state index contributed by atoms with van der Waals surface area (Å²) in [5, 5.41) is 8.81. The number of ether oxygens (including phenoxy) is 2. The van der Waals surface area contributed by atoms with E-state index in [2.05, 4.69) is 10.2 Å². The van der Waals surface area contributed by atoms with Gasteiger partial charge < -0.3 is 9.47 Å². The smallest absolute Gasteiger partial charge is 0.310 e. The van der Waals surface area contributed by atoms with Crippen molar-refractivity contribution in [1.82, 2.24) is 0 Å². The Morgan fingerprint density at radius 1 is 0.615 bits per heavy atom. The van der Waals surface area contributed by atoms with E-state index in [0.29, 0.717) is 0 Å². The quantitative estimate of drug-likeness (QED) is 0.465. The molecule has 0 aliphatic rings. The molecule has 0 saturated carbocycles. The lowest BCUT2D eigenvalue weighted by molar-refractivity contribution is -0.182. The minimum atomic E-state index is -1.19. The number of rotatable bonds is 6. The summed E-state index contributed by atoms with van der Waals surface area (Å²) in [6.45, 7) is 22.1. The number of esters is 2. The fourth-order valence-corrected chi connectivity index (χ4v) is 1.47. The van der Waals surface area contributed by atoms with Gasteiger partial charge in [0.05, 0.1) is 11.8 Å². The van der Waals surface area contributed by atoms with Crippen LogP contribution >= 0.6 is 0 Å². The van der Waals surface area contributed by atoms with Gasteiger partial charge in [-0.3, -0.25) is 9.59 Å². The first-order chi connectivity index (χ1) is 11.4. The predicted molar refractivity (Wildman–Crippen MR) is 102 cm³/mol. The largest absolute Gasteiger partial charge is 0.435 e. The topological polar surface area (TPSA) is 77.3 Å². The number of carbonyl (C=O) groups excluding carboxylic acids is 2. The lowest BCUT2D eigenvalue weighted by Gasteiger charge is -2.40. The van der Waals surface area contributed by atoms with Crippen LogP contribution in [0.2, 0.25) is 0 Å². The highest BCUT2D eigenvalue weighted by atomic mass is 16.6. The highest BCUT2D eigenvalue weighted by Crippen LogP contribution is 2.40. The van der Waals surface area contributed by atoms with Crippen LogP contribution < -0.4 is 0 Å². The summed E-state index contributed by atoms with van der Waals surface area (Å²) >= 11 is 0. The van der Waals surface area contributed by atoms with Crippen molar-refractivity contribution in [2.45, 2.75) is 94.5 Å². The van der Waals surface area contributed by atoms with Gasteiger partial charge in [0.25, 0.3) is 0 Å². The molecule has 0 radical (unpaired) electrons. The molecule has 0 aromatic carbocycles. The Bertz CT molecular complexity index is 493. The van der Waals surface area contributed by atoms with Gasteiger partial charge in [-0.25, -0.2) is 0 Å². The van der Waals surface area contributed by atoms with Crippen molar-refractivity contribution >= 4 is 11.9 Å². The first-order valence-corrected chi connectivity index (χ1v) is 9.26. The molecule has 0 spiro atoms. The number of hydrogen-bond donors (Lipinski definition) is 0. The van der Waals surface area contributed by atoms with Crippen LogP contribution in [0.1, 0.15) is 83.1 Å². The Kier molecular flexibility index (Phi) is 7.60. The zero-order valence-corrected chi connectivity index (χ0v) is 18.7. The van der Waals surface area contributed by atoms with Gasteiger partial charge in [0.1, 0.15) is 0 Å². The highest BCUT2D eigenvalue weighted by Gasteiger charge is 2.46. The molecule has 0 heterocycles. The molecular formula is C20H38N2O4. The molecule has 2 atom stereocenters. The third kappa shape index (κ3) is 6.06. The van der Waals surface area contributed by atoms with Crippen LogP contribution in [0.3, 0.4) is 0 Å². The van der Waals surface area contributed by atoms with Gasteiger partial charge in [-0.05, 0) is 13.8 Å². The lowest BCUT2D eigenvalue weighted by Crippen LogP contribution is -2.46. The predicted octanol–water partition coefficient (Wildman–Crippen LogP) is 5.36. The molecule has 0 aromatic heterocycles. The number of carbonyl (C=O) groups is 2. The van der Waals surface area contributed by atoms with E-state index in [9.17, 15) is 9.59 Å². The molecular weight excluding hydrogens is 332 g/mol. The maximum Gasteiger partial charge on any atom is 0.310 e. The van der Waals surface area contributed by atoms with Gasteiger partial charge in [-0.15, -0.1) is 10.2 Å². The van der Waals surface area contributed by atoms with Crippen molar-refractivity contribution in [2.24, 2.45) is 32.9 Å². The van der Waals surface area contributed by atoms with E-state index in [0.717, 1.165) is 0 Å². The molecule has 6 nitrogen and oxygen atoms in total. The molecule has 0 aromatic rings. The SMILES string of the molecule is CC(C)C(=O)OC(C)(N=NC(C)(OC(=O)C(C)C)C(C)(C)C)C(C)(C)C. The molecule has 0 bridgehead atoms. The van der Waals surface area contributed by atoms with E-state index < -0.39 is 22.3 Å². The van der Waals surface area contributed by atoms with E-state index >= 15 is 0 Å². The molecule has 0 saturated heterocycles. The normalized spacial score (nSPS) is 17.9. The lowest BCUT2D eigenvalue weighted by atomic mass is 9.83. The number of nitrogens with zero attached hydrogens (tertiary/aromatic N) is 2. The van der Waals surface area contributed by atoms with Crippen molar-refractivity contribution in [1.29, 1.82) is 0 Å². The fraction of sp³-hybridized carbons (Fsp3) is 0.900. The Labute approximate surface area is 159 Å². The van der Waals surface area contributed by atoms with Crippen LogP contribution in [-0.2, 0) is 19.1 Å². The van der Waals surface area contributed by atoms with E-state index in [1.807, 2.05) is 41.5 Å². The summed E-state index contributed by atoms with van der Waals surface area (Å²) in [5.74, 6) is -1.25. The minimum absolute atomic E-state index is 0.278. The van der Waals surface area contributed by atoms with Crippen LogP contribution in [0.5, 0.6) is 0 Å². The maximum absolute atomic E-state index is 12.2. The first kappa shape index (κ1) is 24.5. The number of hydrogen-bond acceptors (Lipinski definition) is 6. The first-order valence-electron chi connectivity index (χ1n) is 9.26. The van der Waals surface area contributed by atoms with Crippen molar-refractivity contribution in [3.63, 3.8) is 0 Å². The summed E-state index contributed by atoms with van der Waals surface area (Å²) in [6.07, 6.45) is 0. The van der Waals surface area contributed by atoms with Crippen molar-refractivity contribution in [3.8, 4) is 0 Å². The molecule has 0 rings (SSSR count). The second-order valence-corrected chi connectivity index (χ2v) is 9.82. The molecule has 6 heteroatoms. The zero-order valence-electron chi connectivity index (χ0n) is 18.7. The monoisotopic (exact) mass is 370 g/mol. The van der Waals surface area contributed by atoms with E-state index in [4.69, 9.17) is 9.47 Å². The van der Waals surface area contributed by atoms with Gasteiger partial charge >= 0.3 is 11.9 Å². The minimum Gasteiger partial charge on any atom is -0.435 e. The highest BCUT2D eigenvalue weighted by molar-refractivity contribution is 5.72. The summed E-state index contributed by atoms with van der Waals surface area (Å²) in [7, 11) is 0. The summed E-state index contributed by atoms with van der Waals surface area (Å²) in [6, 6.07) is 0. The average molecular weight is 371 g/mol. The molecule has 2 unspecified atom stereocenters. The molecule has 0 aliphatic carbocycles.